The van der Waals surface area contributed by atoms with E-state index in [1.54, 1.807) is 0 Å². The van der Waals surface area contributed by atoms with Crippen LogP contribution in [-0.2, 0) is 0 Å². The first-order chi connectivity index (χ1) is 4.77. The molecular formula is C8H12F2. The molecular weight excluding hydrogens is 134 g/mol. The van der Waals surface area contributed by atoms with Crippen molar-refractivity contribution >= 4 is 0 Å². The Labute approximate surface area is 59.6 Å². The number of alkyl halides is 2. The van der Waals surface area contributed by atoms with E-state index in [0.717, 1.165) is 12.8 Å². The number of halogens is 2. The number of hydrogen-bond donors (Lipinski definition) is 0. The molecule has 0 nitrogen and oxygen atoms in total. The van der Waals surface area contributed by atoms with Gasteiger partial charge in [0.05, 0.1) is 0 Å². The van der Waals surface area contributed by atoms with E-state index in [1.807, 2.05) is 0 Å². The molecule has 0 N–H and O–H groups in total. The first-order valence-electron chi connectivity index (χ1n) is 4.05. The maximum Gasteiger partial charge on any atom is 0.106 e. The maximum absolute atomic E-state index is 12.9. The van der Waals surface area contributed by atoms with Crippen molar-refractivity contribution in [2.24, 2.45) is 11.8 Å². The number of rotatable bonds is 0. The Kier molecular flexibility index (Phi) is 1.43. The van der Waals surface area contributed by atoms with Crippen molar-refractivity contribution in [1.82, 2.24) is 0 Å². The van der Waals surface area contributed by atoms with Gasteiger partial charge in [0.25, 0.3) is 0 Å². The molecule has 10 heavy (non-hydrogen) atoms. The van der Waals surface area contributed by atoms with E-state index in [1.165, 1.54) is 0 Å². The molecule has 0 amide bonds. The van der Waals surface area contributed by atoms with Crippen LogP contribution in [0.3, 0.4) is 0 Å². The zero-order valence-corrected chi connectivity index (χ0v) is 5.89. The topological polar surface area (TPSA) is 0 Å². The van der Waals surface area contributed by atoms with Gasteiger partial charge in [-0.25, -0.2) is 8.78 Å². The highest BCUT2D eigenvalue weighted by Gasteiger charge is 2.42. The summed E-state index contributed by atoms with van der Waals surface area (Å²) >= 11 is 0. The Bertz CT molecular complexity index is 123. The van der Waals surface area contributed by atoms with Gasteiger partial charge in [0.15, 0.2) is 0 Å². The van der Waals surface area contributed by atoms with Gasteiger partial charge in [-0.2, -0.15) is 0 Å². The monoisotopic (exact) mass is 146 g/mol. The molecule has 3 saturated carbocycles. The summed E-state index contributed by atoms with van der Waals surface area (Å²) in [5.41, 5.74) is 0. The minimum atomic E-state index is -0.831. The Morgan fingerprint density at radius 3 is 1.80 bits per heavy atom. The van der Waals surface area contributed by atoms with Crippen molar-refractivity contribution in [1.29, 1.82) is 0 Å². The van der Waals surface area contributed by atoms with Gasteiger partial charge in [0.1, 0.15) is 12.3 Å². The molecule has 58 valence electrons. The molecule has 0 aromatic heterocycles. The highest BCUT2D eigenvalue weighted by atomic mass is 19.1. The zero-order valence-electron chi connectivity index (χ0n) is 5.89. The van der Waals surface area contributed by atoms with Crippen molar-refractivity contribution in [3.8, 4) is 0 Å². The molecule has 3 fully saturated rings. The third-order valence-corrected chi connectivity index (χ3v) is 2.95. The van der Waals surface area contributed by atoms with Crippen LogP contribution in [0, 0.1) is 11.8 Å². The minimum Gasteiger partial charge on any atom is -0.247 e. The van der Waals surface area contributed by atoms with E-state index in [0.29, 0.717) is 18.8 Å². The summed E-state index contributed by atoms with van der Waals surface area (Å²) in [5.74, 6) is 0.111. The van der Waals surface area contributed by atoms with Crippen molar-refractivity contribution in [3.63, 3.8) is 0 Å². The van der Waals surface area contributed by atoms with E-state index in [-0.39, 0.29) is 5.92 Å². The van der Waals surface area contributed by atoms with Crippen LogP contribution >= 0.6 is 0 Å². The maximum atomic E-state index is 12.9. The molecule has 0 aliphatic heterocycles. The number of fused-ring (bicyclic) bond motifs is 3. The molecule has 0 spiro atoms. The summed E-state index contributed by atoms with van der Waals surface area (Å²) in [4.78, 5) is 0. The fourth-order valence-corrected chi connectivity index (χ4v) is 2.33. The standard InChI is InChI=1S/C8H12F2/c9-7-3-5-1-2-6(7)8(10)4-5/h5-8H,1-4H2. The fourth-order valence-electron chi connectivity index (χ4n) is 2.33. The van der Waals surface area contributed by atoms with Crippen molar-refractivity contribution in [2.75, 3.05) is 0 Å². The molecule has 2 heteroatoms. The van der Waals surface area contributed by atoms with Gasteiger partial charge in [0, 0.05) is 5.92 Å². The lowest BCUT2D eigenvalue weighted by molar-refractivity contribution is -0.00515. The highest BCUT2D eigenvalue weighted by Crippen LogP contribution is 2.44. The van der Waals surface area contributed by atoms with Crippen LogP contribution in [0.4, 0.5) is 8.78 Å². The van der Waals surface area contributed by atoms with Gasteiger partial charge in [-0.3, -0.25) is 0 Å². The molecule has 0 heterocycles. The lowest BCUT2D eigenvalue weighted by atomic mass is 9.69. The SMILES string of the molecule is FC1CC2CCC1C(F)C2. The minimum absolute atomic E-state index is 0.245. The highest BCUT2D eigenvalue weighted by molar-refractivity contribution is 4.91. The van der Waals surface area contributed by atoms with Crippen molar-refractivity contribution in [2.45, 2.75) is 38.0 Å². The van der Waals surface area contributed by atoms with Crippen LogP contribution in [0.25, 0.3) is 0 Å². The van der Waals surface area contributed by atoms with Gasteiger partial charge in [-0.05, 0) is 31.6 Å². The van der Waals surface area contributed by atoms with Crippen molar-refractivity contribution in [3.05, 3.63) is 0 Å². The molecule has 3 rings (SSSR count). The third kappa shape index (κ3) is 0.850. The number of hydrogen-bond acceptors (Lipinski definition) is 0. The van der Waals surface area contributed by atoms with Crippen LogP contribution < -0.4 is 0 Å². The Balaban J connectivity index is 2.11. The van der Waals surface area contributed by atoms with E-state index >= 15 is 0 Å². The Morgan fingerprint density at radius 1 is 0.900 bits per heavy atom. The zero-order chi connectivity index (χ0) is 7.14. The first-order valence-corrected chi connectivity index (χ1v) is 4.05. The molecule has 2 atom stereocenters. The van der Waals surface area contributed by atoms with Crippen LogP contribution in [-0.4, -0.2) is 12.3 Å². The summed E-state index contributed by atoms with van der Waals surface area (Å²) in [5, 5.41) is 0. The van der Waals surface area contributed by atoms with Gasteiger partial charge < -0.3 is 0 Å². The molecule has 0 radical (unpaired) electrons. The van der Waals surface area contributed by atoms with Gasteiger partial charge in [0.2, 0.25) is 0 Å². The van der Waals surface area contributed by atoms with Gasteiger partial charge in [-0.15, -0.1) is 0 Å². The van der Waals surface area contributed by atoms with Crippen LogP contribution in [0.1, 0.15) is 25.7 Å². The molecule has 2 bridgehead atoms. The lowest BCUT2D eigenvalue weighted by Gasteiger charge is -2.40. The second-order valence-corrected chi connectivity index (χ2v) is 3.61. The van der Waals surface area contributed by atoms with Crippen molar-refractivity contribution < 1.29 is 8.78 Å². The normalized spacial score (nSPS) is 53.4. The smallest absolute Gasteiger partial charge is 0.106 e. The summed E-state index contributed by atoms with van der Waals surface area (Å²) < 4.78 is 25.8. The summed E-state index contributed by atoms with van der Waals surface area (Å²) in [6.07, 6.45) is 1.44. The largest absolute Gasteiger partial charge is 0.247 e. The molecule has 0 aromatic carbocycles. The average Bonchev–Trinajstić information content (AvgIpc) is 1.86. The quantitative estimate of drug-likeness (QED) is 0.492. The predicted molar refractivity (Wildman–Crippen MR) is 35.2 cm³/mol. The van der Waals surface area contributed by atoms with E-state index < -0.39 is 12.3 Å². The van der Waals surface area contributed by atoms with Gasteiger partial charge >= 0.3 is 0 Å². The predicted octanol–water partition coefficient (Wildman–Crippen LogP) is 2.48. The summed E-state index contributed by atoms with van der Waals surface area (Å²) in [6, 6.07) is 0. The first kappa shape index (κ1) is 6.56. The van der Waals surface area contributed by atoms with Gasteiger partial charge in [-0.1, -0.05) is 0 Å². The van der Waals surface area contributed by atoms with E-state index in [9.17, 15) is 8.78 Å². The van der Waals surface area contributed by atoms with Crippen LogP contribution in [0.15, 0.2) is 0 Å². The average molecular weight is 146 g/mol. The van der Waals surface area contributed by atoms with E-state index in [2.05, 4.69) is 0 Å². The van der Waals surface area contributed by atoms with Crippen LogP contribution in [0.5, 0.6) is 0 Å². The molecule has 2 unspecified atom stereocenters. The second-order valence-electron chi connectivity index (χ2n) is 3.61. The molecule has 0 aromatic rings. The molecule has 3 aliphatic rings. The molecule has 3 aliphatic carbocycles. The molecule has 0 saturated heterocycles. The van der Waals surface area contributed by atoms with Crippen LogP contribution in [0.2, 0.25) is 0 Å². The fraction of sp³-hybridized carbons (Fsp3) is 1.00. The summed E-state index contributed by atoms with van der Waals surface area (Å²) in [7, 11) is 0. The third-order valence-electron chi connectivity index (χ3n) is 2.95. The lowest BCUT2D eigenvalue weighted by Crippen LogP contribution is -2.40. The van der Waals surface area contributed by atoms with E-state index in [4.69, 9.17) is 0 Å². The summed E-state index contributed by atoms with van der Waals surface area (Å²) in [6.45, 7) is 0. The second kappa shape index (κ2) is 2.18. The Morgan fingerprint density at radius 2 is 1.50 bits per heavy atom. The Hall–Kier alpha value is -0.140.